The van der Waals surface area contributed by atoms with E-state index < -0.39 is 10.0 Å². The van der Waals surface area contributed by atoms with E-state index in [2.05, 4.69) is 20.0 Å². The molecule has 0 saturated carbocycles. The lowest BCUT2D eigenvalue weighted by atomic mass is 10.2. The van der Waals surface area contributed by atoms with Crippen molar-refractivity contribution in [2.75, 3.05) is 60.1 Å². The van der Waals surface area contributed by atoms with Gasteiger partial charge in [0.1, 0.15) is 31.1 Å². The summed E-state index contributed by atoms with van der Waals surface area (Å²) in [6, 6.07) is 8.00. The first-order valence-electron chi connectivity index (χ1n) is 10.3. The van der Waals surface area contributed by atoms with Crippen LogP contribution in [0.2, 0.25) is 0 Å². The highest BCUT2D eigenvalue weighted by atomic mass is 35.5. The molecule has 3 rings (SSSR count). The van der Waals surface area contributed by atoms with E-state index in [1.165, 1.54) is 32.6 Å². The lowest BCUT2D eigenvalue weighted by Crippen LogP contribution is -2.18. The van der Waals surface area contributed by atoms with Gasteiger partial charge in [0.2, 0.25) is 10.0 Å². The van der Waals surface area contributed by atoms with Gasteiger partial charge < -0.3 is 29.0 Å². The van der Waals surface area contributed by atoms with Gasteiger partial charge in [-0.2, -0.15) is 0 Å². The van der Waals surface area contributed by atoms with Crippen LogP contribution < -0.4 is 24.2 Å². The summed E-state index contributed by atoms with van der Waals surface area (Å²) in [5.41, 5.74) is 1.02. The van der Waals surface area contributed by atoms with E-state index >= 15 is 0 Å². The van der Waals surface area contributed by atoms with Crippen molar-refractivity contribution in [1.29, 1.82) is 0 Å². The van der Waals surface area contributed by atoms with E-state index in [-0.39, 0.29) is 17.3 Å². The number of ether oxygens (including phenoxy) is 5. The van der Waals surface area contributed by atoms with E-state index in [9.17, 15) is 8.42 Å². The zero-order valence-electron chi connectivity index (χ0n) is 19.9. The number of nitrogens with zero attached hydrogens (tertiary/aromatic N) is 2. The largest absolute Gasteiger partial charge is 0.495 e. The van der Waals surface area contributed by atoms with Crippen LogP contribution in [-0.2, 0) is 19.5 Å². The molecular formula is C22H29ClN4O7S. The Kier molecular flexibility index (Phi) is 10.7. The molecule has 35 heavy (non-hydrogen) atoms. The molecule has 192 valence electrons. The second-order valence-electron chi connectivity index (χ2n) is 6.92. The topological polar surface area (TPSA) is 130 Å². The van der Waals surface area contributed by atoms with Gasteiger partial charge in [0.25, 0.3) is 0 Å². The number of sulfonamides is 1. The second kappa shape index (κ2) is 13.3. The van der Waals surface area contributed by atoms with Crippen molar-refractivity contribution in [1.82, 2.24) is 14.7 Å². The number of anilines is 2. The molecule has 1 heterocycles. The van der Waals surface area contributed by atoms with Gasteiger partial charge in [-0.25, -0.2) is 23.1 Å². The van der Waals surface area contributed by atoms with Crippen molar-refractivity contribution in [3.05, 3.63) is 36.7 Å². The molecule has 0 atom stereocenters. The molecule has 11 nitrogen and oxygen atoms in total. The first-order valence-corrected chi connectivity index (χ1v) is 11.8. The van der Waals surface area contributed by atoms with Crippen LogP contribution in [0.3, 0.4) is 0 Å². The van der Waals surface area contributed by atoms with Crippen molar-refractivity contribution in [3.63, 3.8) is 0 Å². The Morgan fingerprint density at radius 2 is 1.51 bits per heavy atom. The number of fused-ring (bicyclic) bond motifs is 1. The zero-order valence-corrected chi connectivity index (χ0v) is 21.5. The predicted octanol–water partition coefficient (Wildman–Crippen LogP) is 2.76. The van der Waals surface area contributed by atoms with Crippen molar-refractivity contribution in [2.24, 2.45) is 0 Å². The molecule has 0 radical (unpaired) electrons. The Bertz CT molecular complexity index is 1230. The zero-order chi connectivity index (χ0) is 24.6. The Hall–Kier alpha value is -2.90. The van der Waals surface area contributed by atoms with E-state index in [4.69, 9.17) is 23.7 Å². The van der Waals surface area contributed by atoms with E-state index in [1.807, 2.05) is 0 Å². The second-order valence-corrected chi connectivity index (χ2v) is 8.80. The van der Waals surface area contributed by atoms with Crippen LogP contribution in [0.1, 0.15) is 0 Å². The van der Waals surface area contributed by atoms with Crippen LogP contribution in [0.5, 0.6) is 17.2 Å². The summed E-state index contributed by atoms with van der Waals surface area (Å²) in [5.74, 6) is 1.86. The minimum absolute atomic E-state index is 0. The van der Waals surface area contributed by atoms with Gasteiger partial charge >= 0.3 is 0 Å². The minimum Gasteiger partial charge on any atom is -0.495 e. The molecule has 2 aromatic carbocycles. The summed E-state index contributed by atoms with van der Waals surface area (Å²) in [6.45, 7) is 1.47. The Labute approximate surface area is 210 Å². The van der Waals surface area contributed by atoms with Crippen LogP contribution in [0.25, 0.3) is 10.9 Å². The normalized spacial score (nSPS) is 11.1. The third kappa shape index (κ3) is 7.05. The molecule has 13 heteroatoms. The number of hydrogen-bond donors (Lipinski definition) is 2. The van der Waals surface area contributed by atoms with Gasteiger partial charge in [-0.15, -0.1) is 12.4 Å². The molecule has 1 aromatic heterocycles. The monoisotopic (exact) mass is 528 g/mol. The highest BCUT2D eigenvalue weighted by Gasteiger charge is 2.17. The molecule has 0 spiro atoms. The van der Waals surface area contributed by atoms with E-state index in [1.54, 1.807) is 32.4 Å². The van der Waals surface area contributed by atoms with Crippen LogP contribution in [0, 0.1) is 0 Å². The number of methoxy groups -OCH3 is 3. The molecule has 0 aliphatic carbocycles. The van der Waals surface area contributed by atoms with Crippen molar-refractivity contribution < 1.29 is 32.1 Å². The average molecular weight is 529 g/mol. The van der Waals surface area contributed by atoms with Crippen LogP contribution in [-0.4, -0.2) is 73.2 Å². The van der Waals surface area contributed by atoms with Gasteiger partial charge in [0.15, 0.2) is 11.5 Å². The molecular weight excluding hydrogens is 500 g/mol. The quantitative estimate of drug-likeness (QED) is 0.319. The molecule has 0 amide bonds. The standard InChI is InChI=1S/C22H28N4O7S.ClH/c1-23-34(27,28)15-5-6-19(31-4)18(11-15)26-22-16-12-20(32-9-7-29-2)21(33-10-8-30-3)13-17(16)24-14-25-22;/h5-6,11-14,23H,7-10H2,1-4H3,(H,24,25,26);1H. The van der Waals surface area contributed by atoms with Crippen molar-refractivity contribution >= 4 is 44.8 Å². The Morgan fingerprint density at radius 3 is 2.11 bits per heavy atom. The SMILES string of the molecule is CNS(=O)(=O)c1ccc(OC)c(Nc2ncnc3cc(OCCOC)c(OCCOC)cc23)c1.Cl. The molecule has 0 unspecified atom stereocenters. The highest BCUT2D eigenvalue weighted by Crippen LogP contribution is 2.37. The summed E-state index contributed by atoms with van der Waals surface area (Å²) < 4.78 is 54.1. The number of halogens is 1. The fraction of sp³-hybridized carbons (Fsp3) is 0.364. The number of nitrogens with one attached hydrogen (secondary N) is 2. The Morgan fingerprint density at radius 1 is 0.857 bits per heavy atom. The first-order chi connectivity index (χ1) is 16.4. The lowest BCUT2D eigenvalue weighted by molar-refractivity contribution is 0.132. The maximum absolute atomic E-state index is 12.3. The van der Waals surface area contributed by atoms with Gasteiger partial charge in [-0.05, 0) is 31.3 Å². The van der Waals surface area contributed by atoms with Gasteiger partial charge in [0, 0.05) is 25.7 Å². The summed E-state index contributed by atoms with van der Waals surface area (Å²) >= 11 is 0. The molecule has 0 aliphatic rings. The van der Waals surface area contributed by atoms with Gasteiger partial charge in [-0.1, -0.05) is 0 Å². The molecule has 0 aliphatic heterocycles. The minimum atomic E-state index is -3.65. The molecule has 2 N–H and O–H groups in total. The fourth-order valence-electron chi connectivity index (χ4n) is 3.06. The summed E-state index contributed by atoms with van der Waals surface area (Å²) in [6.07, 6.45) is 1.40. The van der Waals surface area contributed by atoms with Crippen molar-refractivity contribution in [2.45, 2.75) is 4.90 Å². The number of hydrogen-bond acceptors (Lipinski definition) is 10. The Balaban J connectivity index is 0.00000432. The summed E-state index contributed by atoms with van der Waals surface area (Å²) in [4.78, 5) is 8.77. The van der Waals surface area contributed by atoms with Crippen LogP contribution in [0.15, 0.2) is 41.6 Å². The molecule has 0 fully saturated rings. The number of benzene rings is 2. The van der Waals surface area contributed by atoms with Crippen LogP contribution in [0.4, 0.5) is 11.5 Å². The molecule has 0 saturated heterocycles. The van der Waals surface area contributed by atoms with E-state index in [0.717, 1.165) is 0 Å². The third-order valence-corrected chi connectivity index (χ3v) is 6.21. The number of rotatable bonds is 13. The fourth-order valence-corrected chi connectivity index (χ4v) is 3.81. The third-order valence-electron chi connectivity index (χ3n) is 4.79. The van der Waals surface area contributed by atoms with Gasteiger partial charge in [-0.3, -0.25) is 0 Å². The maximum Gasteiger partial charge on any atom is 0.240 e. The number of aromatic nitrogens is 2. The average Bonchev–Trinajstić information content (AvgIpc) is 2.84. The van der Waals surface area contributed by atoms with Crippen LogP contribution >= 0.6 is 12.4 Å². The summed E-state index contributed by atoms with van der Waals surface area (Å²) in [5, 5.41) is 3.80. The van der Waals surface area contributed by atoms with Crippen molar-refractivity contribution in [3.8, 4) is 17.2 Å². The smallest absolute Gasteiger partial charge is 0.240 e. The lowest BCUT2D eigenvalue weighted by Gasteiger charge is -2.16. The van der Waals surface area contributed by atoms with E-state index in [0.29, 0.717) is 66.1 Å². The highest BCUT2D eigenvalue weighted by molar-refractivity contribution is 7.89. The molecule has 0 bridgehead atoms. The van der Waals surface area contributed by atoms with Gasteiger partial charge in [0.05, 0.1) is 36.4 Å². The summed E-state index contributed by atoms with van der Waals surface area (Å²) in [7, 11) is 2.37. The predicted molar refractivity (Wildman–Crippen MR) is 134 cm³/mol. The first kappa shape index (κ1) is 28.3. The molecule has 3 aromatic rings. The maximum atomic E-state index is 12.3.